The predicted octanol–water partition coefficient (Wildman–Crippen LogP) is 5.85. The van der Waals surface area contributed by atoms with E-state index >= 15 is 0 Å². The highest BCUT2D eigenvalue weighted by Crippen LogP contribution is 2.43. The standard InChI is InChI=1S/C30H31NO6/c1-6-37-23-14-9-20(10-15-23)27-26(28(32)21-11-16-24(35-4)25(17-21)36-5)29(33)30(34)31(27)22-12-7-19(8-13-22)18(2)3/h7-18,27,32H,6H2,1-5H3/b28-26-. The molecule has 1 fully saturated rings. The number of rotatable bonds is 8. The van der Waals surface area contributed by atoms with Crippen molar-refractivity contribution in [2.24, 2.45) is 0 Å². The van der Waals surface area contributed by atoms with Crippen molar-refractivity contribution in [3.63, 3.8) is 0 Å². The van der Waals surface area contributed by atoms with Crippen LogP contribution in [0.15, 0.2) is 72.3 Å². The molecule has 1 amide bonds. The molecule has 0 saturated carbocycles. The predicted molar refractivity (Wildman–Crippen MR) is 142 cm³/mol. The first-order valence-electron chi connectivity index (χ1n) is 12.2. The Kier molecular flexibility index (Phi) is 7.53. The lowest BCUT2D eigenvalue weighted by atomic mass is 9.94. The number of carbonyl (C=O) groups excluding carboxylic acids is 2. The van der Waals surface area contributed by atoms with Crippen LogP contribution in [-0.2, 0) is 9.59 Å². The van der Waals surface area contributed by atoms with Crippen molar-refractivity contribution in [3.8, 4) is 17.2 Å². The molecule has 7 nitrogen and oxygen atoms in total. The lowest BCUT2D eigenvalue weighted by molar-refractivity contribution is -0.132. The van der Waals surface area contributed by atoms with Crippen LogP contribution >= 0.6 is 0 Å². The molecule has 0 spiro atoms. The lowest BCUT2D eigenvalue weighted by Crippen LogP contribution is -2.29. The third-order valence-electron chi connectivity index (χ3n) is 6.45. The van der Waals surface area contributed by atoms with E-state index in [1.54, 1.807) is 42.5 Å². The van der Waals surface area contributed by atoms with Gasteiger partial charge in [-0.1, -0.05) is 38.1 Å². The molecule has 1 aliphatic rings. The molecular weight excluding hydrogens is 470 g/mol. The molecule has 0 aromatic heterocycles. The number of methoxy groups -OCH3 is 2. The minimum atomic E-state index is -0.839. The van der Waals surface area contributed by atoms with E-state index in [0.29, 0.717) is 46.6 Å². The highest BCUT2D eigenvalue weighted by molar-refractivity contribution is 6.51. The van der Waals surface area contributed by atoms with Gasteiger partial charge in [0.15, 0.2) is 11.5 Å². The zero-order chi connectivity index (χ0) is 26.7. The van der Waals surface area contributed by atoms with Crippen LogP contribution in [0.3, 0.4) is 0 Å². The van der Waals surface area contributed by atoms with Crippen molar-refractivity contribution in [3.05, 3.63) is 89.0 Å². The molecule has 1 saturated heterocycles. The number of aliphatic hydroxyl groups is 1. The van der Waals surface area contributed by atoms with E-state index in [9.17, 15) is 14.7 Å². The number of amides is 1. The fraction of sp³-hybridized carbons (Fsp3) is 0.267. The zero-order valence-electron chi connectivity index (χ0n) is 21.6. The molecule has 4 rings (SSSR count). The van der Waals surface area contributed by atoms with Crippen molar-refractivity contribution >= 4 is 23.1 Å². The van der Waals surface area contributed by atoms with E-state index in [-0.39, 0.29) is 11.3 Å². The fourth-order valence-corrected chi connectivity index (χ4v) is 4.49. The number of hydrogen-bond donors (Lipinski definition) is 1. The van der Waals surface area contributed by atoms with E-state index in [1.165, 1.54) is 19.1 Å². The molecule has 0 aliphatic carbocycles. The summed E-state index contributed by atoms with van der Waals surface area (Å²) in [5.41, 5.74) is 2.67. The van der Waals surface area contributed by atoms with Crippen LogP contribution in [0.25, 0.3) is 5.76 Å². The molecule has 3 aromatic rings. The summed E-state index contributed by atoms with van der Waals surface area (Å²) in [5.74, 6) is 0.0908. The Morgan fingerprint density at radius 3 is 2.14 bits per heavy atom. The van der Waals surface area contributed by atoms with Crippen LogP contribution in [0.5, 0.6) is 17.2 Å². The maximum absolute atomic E-state index is 13.4. The Hall–Kier alpha value is -4.26. The Labute approximate surface area is 216 Å². The summed E-state index contributed by atoms with van der Waals surface area (Å²) in [6.45, 7) is 6.58. The Balaban J connectivity index is 1.89. The normalized spacial score (nSPS) is 16.8. The van der Waals surface area contributed by atoms with Crippen LogP contribution in [0.2, 0.25) is 0 Å². The fourth-order valence-electron chi connectivity index (χ4n) is 4.49. The molecular formula is C30H31NO6. The Morgan fingerprint density at radius 1 is 0.919 bits per heavy atom. The number of hydrogen-bond acceptors (Lipinski definition) is 6. The van der Waals surface area contributed by atoms with E-state index in [1.807, 2.05) is 31.2 Å². The number of ether oxygens (including phenoxy) is 3. The number of ketones is 1. The summed E-state index contributed by atoms with van der Waals surface area (Å²) in [6.07, 6.45) is 0. The molecule has 1 heterocycles. The molecule has 0 radical (unpaired) electrons. The van der Waals surface area contributed by atoms with Gasteiger partial charge in [-0.2, -0.15) is 0 Å². The van der Waals surface area contributed by atoms with Crippen LogP contribution in [-0.4, -0.2) is 37.6 Å². The second-order valence-electron chi connectivity index (χ2n) is 8.99. The molecule has 7 heteroatoms. The van der Waals surface area contributed by atoms with Crippen LogP contribution in [0, 0.1) is 0 Å². The van der Waals surface area contributed by atoms with Gasteiger partial charge >= 0.3 is 0 Å². The van der Waals surface area contributed by atoms with Gasteiger partial charge < -0.3 is 19.3 Å². The third kappa shape index (κ3) is 4.89. The summed E-state index contributed by atoms with van der Waals surface area (Å²) >= 11 is 0. The van der Waals surface area contributed by atoms with Crippen LogP contribution in [0.1, 0.15) is 49.4 Å². The summed E-state index contributed by atoms with van der Waals surface area (Å²) in [5, 5.41) is 11.4. The van der Waals surface area contributed by atoms with E-state index < -0.39 is 17.7 Å². The van der Waals surface area contributed by atoms with Crippen LogP contribution < -0.4 is 19.1 Å². The van der Waals surface area contributed by atoms with Gasteiger partial charge in [-0.25, -0.2) is 0 Å². The van der Waals surface area contributed by atoms with E-state index in [0.717, 1.165) is 5.56 Å². The molecule has 1 unspecified atom stereocenters. The van der Waals surface area contributed by atoms with Crippen molar-refractivity contribution < 1.29 is 28.9 Å². The number of aliphatic hydroxyl groups excluding tert-OH is 1. The molecule has 3 aromatic carbocycles. The summed E-state index contributed by atoms with van der Waals surface area (Å²) in [6, 6.07) is 18.7. The van der Waals surface area contributed by atoms with Gasteiger partial charge in [0.05, 0.1) is 32.4 Å². The van der Waals surface area contributed by atoms with Gasteiger partial charge in [0.1, 0.15) is 11.5 Å². The maximum atomic E-state index is 13.4. The number of Topliss-reactive ketones (excluding diaryl/α,β-unsaturated/α-hetero) is 1. The first-order chi connectivity index (χ1) is 17.8. The molecule has 192 valence electrons. The van der Waals surface area contributed by atoms with E-state index in [4.69, 9.17) is 14.2 Å². The quantitative estimate of drug-likeness (QED) is 0.237. The highest BCUT2D eigenvalue weighted by atomic mass is 16.5. The van der Waals surface area contributed by atoms with Gasteiger partial charge in [0.2, 0.25) is 0 Å². The second-order valence-corrected chi connectivity index (χ2v) is 8.99. The molecule has 37 heavy (non-hydrogen) atoms. The second kappa shape index (κ2) is 10.8. The monoisotopic (exact) mass is 501 g/mol. The number of benzene rings is 3. The average Bonchev–Trinajstić information content (AvgIpc) is 3.18. The molecule has 1 atom stereocenters. The smallest absolute Gasteiger partial charge is 0.300 e. The molecule has 1 aliphatic heterocycles. The largest absolute Gasteiger partial charge is 0.507 e. The van der Waals surface area contributed by atoms with Gasteiger partial charge in [-0.15, -0.1) is 0 Å². The van der Waals surface area contributed by atoms with Gasteiger partial charge in [0.25, 0.3) is 11.7 Å². The number of nitrogens with zero attached hydrogens (tertiary/aromatic N) is 1. The molecule has 0 bridgehead atoms. The number of carbonyl (C=O) groups is 2. The van der Waals surface area contributed by atoms with Crippen molar-refractivity contribution in [2.45, 2.75) is 32.7 Å². The molecule has 1 N–H and O–H groups in total. The van der Waals surface area contributed by atoms with Crippen molar-refractivity contribution in [1.82, 2.24) is 0 Å². The minimum absolute atomic E-state index is 0.00526. The maximum Gasteiger partial charge on any atom is 0.300 e. The van der Waals surface area contributed by atoms with Gasteiger partial charge in [-0.05, 0) is 66.4 Å². The first-order valence-corrected chi connectivity index (χ1v) is 12.2. The summed E-state index contributed by atoms with van der Waals surface area (Å²) < 4.78 is 16.2. The van der Waals surface area contributed by atoms with Crippen molar-refractivity contribution in [2.75, 3.05) is 25.7 Å². The first kappa shape index (κ1) is 25.8. The average molecular weight is 502 g/mol. The van der Waals surface area contributed by atoms with Crippen LogP contribution in [0.4, 0.5) is 5.69 Å². The SMILES string of the molecule is CCOc1ccc(C2/C(=C(/O)c3ccc(OC)c(OC)c3)C(=O)C(=O)N2c2ccc(C(C)C)cc2)cc1. The highest BCUT2D eigenvalue weighted by Gasteiger charge is 2.47. The Morgan fingerprint density at radius 2 is 1.57 bits per heavy atom. The minimum Gasteiger partial charge on any atom is -0.507 e. The van der Waals surface area contributed by atoms with Crippen molar-refractivity contribution in [1.29, 1.82) is 0 Å². The topological polar surface area (TPSA) is 85.3 Å². The lowest BCUT2D eigenvalue weighted by Gasteiger charge is -2.26. The Bertz CT molecular complexity index is 1330. The van der Waals surface area contributed by atoms with Gasteiger partial charge in [-0.3, -0.25) is 14.5 Å². The van der Waals surface area contributed by atoms with E-state index in [2.05, 4.69) is 13.8 Å². The third-order valence-corrected chi connectivity index (χ3v) is 6.45. The zero-order valence-corrected chi connectivity index (χ0v) is 21.6. The summed E-state index contributed by atoms with van der Waals surface area (Å²) in [7, 11) is 3.00. The summed E-state index contributed by atoms with van der Waals surface area (Å²) in [4.78, 5) is 28.3. The number of anilines is 1. The van der Waals surface area contributed by atoms with Gasteiger partial charge in [0, 0.05) is 11.3 Å².